The van der Waals surface area contributed by atoms with Gasteiger partial charge in [-0.05, 0) is 38.6 Å². The summed E-state index contributed by atoms with van der Waals surface area (Å²) in [6.45, 7) is 4.79. The second-order valence-corrected chi connectivity index (χ2v) is 4.27. The summed E-state index contributed by atoms with van der Waals surface area (Å²) in [7, 11) is 0. The number of nitrogens with one attached hydrogen (secondary N) is 1. The summed E-state index contributed by atoms with van der Waals surface area (Å²) < 4.78 is 5.47. The molecule has 0 atom stereocenters. The van der Waals surface area contributed by atoms with Crippen LogP contribution in [-0.2, 0) is 9.53 Å². The SMILES string of the molecule is CC(=CCNCCCOCC1CC1)C(=O)O. The monoisotopic (exact) mass is 227 g/mol. The molecular formula is C12H21NO3. The van der Waals surface area contributed by atoms with Crippen LogP contribution < -0.4 is 5.32 Å². The molecule has 1 fully saturated rings. The minimum atomic E-state index is -0.852. The van der Waals surface area contributed by atoms with Gasteiger partial charge < -0.3 is 15.2 Å². The molecule has 0 spiro atoms. The van der Waals surface area contributed by atoms with Crippen LogP contribution >= 0.6 is 0 Å². The summed E-state index contributed by atoms with van der Waals surface area (Å²) in [6.07, 6.45) is 5.33. The summed E-state index contributed by atoms with van der Waals surface area (Å²) in [5.74, 6) is -0.0244. The van der Waals surface area contributed by atoms with E-state index in [1.807, 2.05) is 0 Å². The lowest BCUT2D eigenvalue weighted by atomic mass is 10.3. The fraction of sp³-hybridized carbons (Fsp3) is 0.750. The minimum Gasteiger partial charge on any atom is -0.478 e. The number of carboxylic acid groups (broad SMARTS) is 1. The van der Waals surface area contributed by atoms with Crippen molar-refractivity contribution >= 4 is 5.97 Å². The predicted octanol–water partition coefficient (Wildman–Crippen LogP) is 1.42. The van der Waals surface area contributed by atoms with Crippen molar-refractivity contribution in [2.45, 2.75) is 26.2 Å². The van der Waals surface area contributed by atoms with Crippen molar-refractivity contribution < 1.29 is 14.6 Å². The Morgan fingerprint density at radius 3 is 2.94 bits per heavy atom. The van der Waals surface area contributed by atoms with E-state index >= 15 is 0 Å². The topological polar surface area (TPSA) is 58.6 Å². The lowest BCUT2D eigenvalue weighted by Gasteiger charge is -2.03. The van der Waals surface area contributed by atoms with Gasteiger partial charge >= 0.3 is 5.97 Å². The maximum Gasteiger partial charge on any atom is 0.330 e. The Labute approximate surface area is 96.7 Å². The fourth-order valence-electron chi connectivity index (χ4n) is 1.25. The quantitative estimate of drug-likeness (QED) is 0.462. The molecule has 0 unspecified atom stereocenters. The van der Waals surface area contributed by atoms with Gasteiger partial charge in [-0.3, -0.25) is 0 Å². The van der Waals surface area contributed by atoms with Crippen molar-refractivity contribution in [2.75, 3.05) is 26.3 Å². The van der Waals surface area contributed by atoms with E-state index in [-0.39, 0.29) is 0 Å². The number of carbonyl (C=O) groups is 1. The first kappa shape index (κ1) is 13.2. The zero-order chi connectivity index (χ0) is 11.8. The van der Waals surface area contributed by atoms with Crippen LogP contribution in [0.15, 0.2) is 11.6 Å². The van der Waals surface area contributed by atoms with Crippen LogP contribution in [0.1, 0.15) is 26.2 Å². The number of hydrogen-bond donors (Lipinski definition) is 2. The number of aliphatic carboxylic acids is 1. The molecule has 0 aromatic heterocycles. The summed E-state index contributed by atoms with van der Waals surface area (Å²) in [4.78, 5) is 10.5. The second-order valence-electron chi connectivity index (χ2n) is 4.27. The Hall–Kier alpha value is -0.870. The van der Waals surface area contributed by atoms with E-state index in [1.54, 1.807) is 13.0 Å². The van der Waals surface area contributed by atoms with E-state index in [0.29, 0.717) is 12.1 Å². The van der Waals surface area contributed by atoms with Crippen LogP contribution in [0.4, 0.5) is 0 Å². The van der Waals surface area contributed by atoms with Crippen LogP contribution in [0.2, 0.25) is 0 Å². The number of ether oxygens (including phenoxy) is 1. The number of carboxylic acids is 1. The first-order chi connectivity index (χ1) is 7.70. The molecule has 0 aromatic rings. The van der Waals surface area contributed by atoms with E-state index < -0.39 is 5.97 Å². The summed E-state index contributed by atoms with van der Waals surface area (Å²) in [5, 5.41) is 11.8. The third-order valence-corrected chi connectivity index (χ3v) is 2.58. The molecule has 1 aliphatic rings. The molecule has 0 aliphatic heterocycles. The largest absolute Gasteiger partial charge is 0.478 e. The van der Waals surface area contributed by atoms with Crippen molar-refractivity contribution in [3.05, 3.63) is 11.6 Å². The fourth-order valence-corrected chi connectivity index (χ4v) is 1.25. The first-order valence-corrected chi connectivity index (χ1v) is 5.88. The zero-order valence-corrected chi connectivity index (χ0v) is 9.87. The van der Waals surface area contributed by atoms with Crippen LogP contribution in [-0.4, -0.2) is 37.4 Å². The molecule has 0 aromatic carbocycles. The van der Waals surface area contributed by atoms with Crippen molar-refractivity contribution in [1.29, 1.82) is 0 Å². The Bertz CT molecular complexity index is 247. The molecule has 2 N–H and O–H groups in total. The molecule has 4 heteroatoms. The highest BCUT2D eigenvalue weighted by atomic mass is 16.5. The van der Waals surface area contributed by atoms with Gasteiger partial charge in [0.2, 0.25) is 0 Å². The molecule has 0 saturated heterocycles. The molecule has 0 amide bonds. The third kappa shape index (κ3) is 6.58. The van der Waals surface area contributed by atoms with Crippen LogP contribution in [0.5, 0.6) is 0 Å². The molecule has 0 radical (unpaired) electrons. The molecule has 1 aliphatic carbocycles. The van der Waals surface area contributed by atoms with E-state index in [1.165, 1.54) is 12.8 Å². The lowest BCUT2D eigenvalue weighted by Crippen LogP contribution is -2.17. The van der Waals surface area contributed by atoms with Crippen molar-refractivity contribution in [1.82, 2.24) is 5.32 Å². The lowest BCUT2D eigenvalue weighted by molar-refractivity contribution is -0.132. The maximum atomic E-state index is 10.5. The van der Waals surface area contributed by atoms with Crippen molar-refractivity contribution in [3.63, 3.8) is 0 Å². The van der Waals surface area contributed by atoms with Gasteiger partial charge in [0.1, 0.15) is 0 Å². The van der Waals surface area contributed by atoms with Crippen molar-refractivity contribution in [3.8, 4) is 0 Å². The van der Waals surface area contributed by atoms with E-state index in [0.717, 1.165) is 32.1 Å². The molecule has 1 saturated carbocycles. The van der Waals surface area contributed by atoms with Gasteiger partial charge in [0.25, 0.3) is 0 Å². The van der Waals surface area contributed by atoms with E-state index in [4.69, 9.17) is 9.84 Å². The van der Waals surface area contributed by atoms with Gasteiger partial charge in [0, 0.05) is 25.3 Å². The smallest absolute Gasteiger partial charge is 0.330 e. The van der Waals surface area contributed by atoms with Crippen LogP contribution in [0.3, 0.4) is 0 Å². The van der Waals surface area contributed by atoms with E-state index in [9.17, 15) is 4.79 Å². The number of rotatable bonds is 9. The molecular weight excluding hydrogens is 206 g/mol. The standard InChI is InChI=1S/C12H21NO3/c1-10(12(14)15)5-7-13-6-2-8-16-9-11-3-4-11/h5,11,13H,2-4,6-9H2,1H3,(H,14,15). The maximum absolute atomic E-state index is 10.5. The normalized spacial score (nSPS) is 16.4. The van der Waals surface area contributed by atoms with Gasteiger partial charge in [-0.15, -0.1) is 0 Å². The predicted molar refractivity (Wildman–Crippen MR) is 62.4 cm³/mol. The highest BCUT2D eigenvalue weighted by molar-refractivity contribution is 5.85. The highest BCUT2D eigenvalue weighted by Gasteiger charge is 2.20. The van der Waals surface area contributed by atoms with Crippen LogP contribution in [0, 0.1) is 5.92 Å². The van der Waals surface area contributed by atoms with Gasteiger partial charge in [-0.25, -0.2) is 4.79 Å². The summed E-state index contributed by atoms with van der Waals surface area (Å²) in [5.41, 5.74) is 0.387. The molecule has 1 rings (SSSR count). The number of hydrogen-bond acceptors (Lipinski definition) is 3. The Morgan fingerprint density at radius 1 is 1.56 bits per heavy atom. The molecule has 16 heavy (non-hydrogen) atoms. The van der Waals surface area contributed by atoms with E-state index in [2.05, 4.69) is 5.32 Å². The average molecular weight is 227 g/mol. The van der Waals surface area contributed by atoms with Gasteiger partial charge in [0.15, 0.2) is 0 Å². The summed E-state index contributed by atoms with van der Waals surface area (Å²) >= 11 is 0. The third-order valence-electron chi connectivity index (χ3n) is 2.58. The second kappa shape index (κ2) is 7.41. The van der Waals surface area contributed by atoms with Gasteiger partial charge in [-0.1, -0.05) is 6.08 Å². The first-order valence-electron chi connectivity index (χ1n) is 5.88. The zero-order valence-electron chi connectivity index (χ0n) is 9.87. The average Bonchev–Trinajstić information content (AvgIpc) is 3.05. The molecule has 92 valence electrons. The highest BCUT2D eigenvalue weighted by Crippen LogP contribution is 2.28. The van der Waals surface area contributed by atoms with Gasteiger partial charge in [-0.2, -0.15) is 0 Å². The van der Waals surface area contributed by atoms with Gasteiger partial charge in [0.05, 0.1) is 0 Å². The minimum absolute atomic E-state index is 0.387. The molecule has 0 bridgehead atoms. The Kier molecular flexibility index (Phi) is 6.11. The van der Waals surface area contributed by atoms with Crippen LogP contribution in [0.25, 0.3) is 0 Å². The Balaban J connectivity index is 1.83. The molecule has 0 heterocycles. The van der Waals surface area contributed by atoms with Crippen molar-refractivity contribution in [2.24, 2.45) is 5.92 Å². The molecule has 4 nitrogen and oxygen atoms in total. The summed E-state index contributed by atoms with van der Waals surface area (Å²) in [6, 6.07) is 0. The Morgan fingerprint density at radius 2 is 2.31 bits per heavy atom.